The molecule has 2 rings (SSSR count). The number of hydrogen-bond donors (Lipinski definition) is 3. The number of aliphatic imine (C=N–C) groups is 1. The number of halogens is 2. The Morgan fingerprint density at radius 1 is 1.19 bits per heavy atom. The van der Waals surface area contributed by atoms with Crippen molar-refractivity contribution >= 4 is 51.8 Å². The molecule has 0 spiro atoms. The van der Waals surface area contributed by atoms with Crippen LogP contribution in [0, 0.1) is 0 Å². The Morgan fingerprint density at radius 2 is 1.88 bits per heavy atom. The van der Waals surface area contributed by atoms with Gasteiger partial charge < -0.3 is 16.0 Å². The van der Waals surface area contributed by atoms with Crippen molar-refractivity contribution in [1.82, 2.24) is 30.7 Å². The molecule has 26 heavy (non-hydrogen) atoms. The summed E-state index contributed by atoms with van der Waals surface area (Å²) in [5.74, 6) is 1.35. The van der Waals surface area contributed by atoms with E-state index in [4.69, 9.17) is 0 Å². The molecule has 1 amide bonds. The number of carbonyl (C=O) groups excluding carboxylic acids is 1. The summed E-state index contributed by atoms with van der Waals surface area (Å²) in [5.41, 5.74) is 0.631. The van der Waals surface area contributed by atoms with E-state index >= 15 is 0 Å². The van der Waals surface area contributed by atoms with Gasteiger partial charge in [0.05, 0.1) is 0 Å². The number of aryl methyl sites for hydroxylation is 1. The normalized spacial score (nSPS) is 10.8. The van der Waals surface area contributed by atoms with Gasteiger partial charge in [-0.2, -0.15) is 5.10 Å². The van der Waals surface area contributed by atoms with E-state index in [2.05, 4.69) is 47.0 Å². The predicted molar refractivity (Wildman–Crippen MR) is 116 cm³/mol. The highest BCUT2D eigenvalue weighted by molar-refractivity contribution is 14.0. The number of aromatic nitrogens is 3. The van der Waals surface area contributed by atoms with Gasteiger partial charge in [-0.3, -0.25) is 9.48 Å². The van der Waals surface area contributed by atoms with E-state index in [0.717, 1.165) is 16.8 Å². The van der Waals surface area contributed by atoms with E-state index in [-0.39, 0.29) is 29.9 Å². The number of rotatable bonds is 7. The molecule has 1 aromatic heterocycles. The molecule has 10 heteroatoms. The zero-order valence-electron chi connectivity index (χ0n) is 14.7. The third kappa shape index (κ3) is 7.28. The largest absolute Gasteiger partial charge is 0.357 e. The van der Waals surface area contributed by atoms with Crippen molar-refractivity contribution in [3.63, 3.8) is 0 Å². The van der Waals surface area contributed by atoms with Gasteiger partial charge in [0, 0.05) is 36.7 Å². The van der Waals surface area contributed by atoms with E-state index in [0.29, 0.717) is 31.2 Å². The fraction of sp³-hybridized carbons (Fsp3) is 0.375. The average Bonchev–Trinajstić information content (AvgIpc) is 3.02. The highest BCUT2D eigenvalue weighted by Crippen LogP contribution is 2.10. The molecule has 3 N–H and O–H groups in total. The molecule has 1 heterocycles. The Morgan fingerprint density at radius 3 is 2.50 bits per heavy atom. The topological polar surface area (TPSA) is 96.2 Å². The number of nitrogens with one attached hydrogen (secondary N) is 3. The van der Waals surface area contributed by atoms with Crippen LogP contribution in [0.5, 0.6) is 0 Å². The second-order valence-corrected chi connectivity index (χ2v) is 6.10. The second kappa shape index (κ2) is 11.8. The summed E-state index contributed by atoms with van der Waals surface area (Å²) in [6.45, 7) is 4.22. The van der Waals surface area contributed by atoms with Crippen LogP contribution in [0.15, 0.2) is 40.1 Å². The van der Waals surface area contributed by atoms with Crippen LogP contribution in [-0.4, -0.2) is 46.3 Å². The lowest BCUT2D eigenvalue weighted by Gasteiger charge is -2.12. The van der Waals surface area contributed by atoms with Gasteiger partial charge in [-0.15, -0.1) is 24.0 Å². The Labute approximate surface area is 178 Å². The quantitative estimate of drug-likeness (QED) is 0.217. The number of guanidine groups is 1. The van der Waals surface area contributed by atoms with Gasteiger partial charge in [0.1, 0.15) is 18.7 Å². The van der Waals surface area contributed by atoms with E-state index in [1.54, 1.807) is 16.8 Å². The van der Waals surface area contributed by atoms with Crippen LogP contribution in [0.1, 0.15) is 23.1 Å². The standard InChI is InChI=1S/C16H22BrN7O.HI/c1-3-18-16(21-10-14-22-11-23-24(14)2)20-9-8-19-15(25)12-4-6-13(17)7-5-12;/h4-7,11H,3,8-10H2,1-2H3,(H,19,25)(H2,18,20,21);1H. The summed E-state index contributed by atoms with van der Waals surface area (Å²) in [7, 11) is 1.83. The van der Waals surface area contributed by atoms with Gasteiger partial charge in [0.15, 0.2) is 5.96 Å². The van der Waals surface area contributed by atoms with Crippen LogP contribution in [0.3, 0.4) is 0 Å². The maximum Gasteiger partial charge on any atom is 0.251 e. The maximum atomic E-state index is 12.0. The lowest BCUT2D eigenvalue weighted by atomic mass is 10.2. The Kier molecular flexibility index (Phi) is 10.2. The molecule has 2 aromatic rings. The molecule has 0 fully saturated rings. The van der Waals surface area contributed by atoms with Gasteiger partial charge in [0.2, 0.25) is 0 Å². The highest BCUT2D eigenvalue weighted by Gasteiger charge is 2.05. The molecule has 0 saturated carbocycles. The zero-order valence-corrected chi connectivity index (χ0v) is 18.6. The molecule has 0 radical (unpaired) electrons. The molecular formula is C16H23BrIN7O. The number of nitrogens with zero attached hydrogens (tertiary/aromatic N) is 4. The van der Waals surface area contributed by atoms with Crippen LogP contribution >= 0.6 is 39.9 Å². The first-order valence-corrected chi connectivity index (χ1v) is 8.78. The smallest absolute Gasteiger partial charge is 0.251 e. The highest BCUT2D eigenvalue weighted by atomic mass is 127. The molecule has 0 atom stereocenters. The van der Waals surface area contributed by atoms with Gasteiger partial charge in [0.25, 0.3) is 5.91 Å². The Balaban J connectivity index is 0.00000338. The third-order valence-electron chi connectivity index (χ3n) is 3.34. The Hall–Kier alpha value is -1.69. The molecule has 0 bridgehead atoms. The van der Waals surface area contributed by atoms with Gasteiger partial charge in [-0.05, 0) is 31.2 Å². The monoisotopic (exact) mass is 535 g/mol. The summed E-state index contributed by atoms with van der Waals surface area (Å²) >= 11 is 3.35. The van der Waals surface area contributed by atoms with Crippen molar-refractivity contribution in [2.24, 2.45) is 12.0 Å². The fourth-order valence-electron chi connectivity index (χ4n) is 2.02. The number of carbonyl (C=O) groups is 1. The number of benzene rings is 1. The van der Waals surface area contributed by atoms with E-state index in [9.17, 15) is 4.79 Å². The minimum Gasteiger partial charge on any atom is -0.357 e. The molecule has 1 aromatic carbocycles. The predicted octanol–water partition coefficient (Wildman–Crippen LogP) is 1.68. The van der Waals surface area contributed by atoms with Crippen LogP contribution < -0.4 is 16.0 Å². The van der Waals surface area contributed by atoms with Crippen molar-refractivity contribution in [2.45, 2.75) is 13.5 Å². The second-order valence-electron chi connectivity index (χ2n) is 5.18. The molecule has 142 valence electrons. The summed E-state index contributed by atoms with van der Waals surface area (Å²) < 4.78 is 2.63. The van der Waals surface area contributed by atoms with Crippen LogP contribution in [0.25, 0.3) is 0 Å². The first-order valence-electron chi connectivity index (χ1n) is 7.99. The molecule has 0 aliphatic heterocycles. The van der Waals surface area contributed by atoms with Crippen molar-refractivity contribution in [1.29, 1.82) is 0 Å². The van der Waals surface area contributed by atoms with Crippen molar-refractivity contribution in [2.75, 3.05) is 19.6 Å². The summed E-state index contributed by atoms with van der Waals surface area (Å²) in [4.78, 5) is 20.6. The third-order valence-corrected chi connectivity index (χ3v) is 3.87. The SMILES string of the molecule is CCNC(=NCc1ncnn1C)NCCNC(=O)c1ccc(Br)cc1.I. The van der Waals surface area contributed by atoms with Gasteiger partial charge in [-0.25, -0.2) is 9.98 Å². The first kappa shape index (κ1) is 22.4. The van der Waals surface area contributed by atoms with Crippen molar-refractivity contribution in [3.8, 4) is 0 Å². The summed E-state index contributed by atoms with van der Waals surface area (Å²) in [5, 5.41) is 13.2. The van der Waals surface area contributed by atoms with Gasteiger partial charge in [-0.1, -0.05) is 15.9 Å². The fourth-order valence-corrected chi connectivity index (χ4v) is 2.28. The van der Waals surface area contributed by atoms with Crippen LogP contribution in [0.4, 0.5) is 0 Å². The molecule has 8 nitrogen and oxygen atoms in total. The number of hydrogen-bond acceptors (Lipinski definition) is 4. The van der Waals surface area contributed by atoms with E-state index in [1.807, 2.05) is 26.1 Å². The lowest BCUT2D eigenvalue weighted by Crippen LogP contribution is -2.41. The van der Waals surface area contributed by atoms with Crippen LogP contribution in [-0.2, 0) is 13.6 Å². The molecule has 0 saturated heterocycles. The van der Waals surface area contributed by atoms with E-state index in [1.165, 1.54) is 6.33 Å². The average molecular weight is 536 g/mol. The van der Waals surface area contributed by atoms with E-state index < -0.39 is 0 Å². The van der Waals surface area contributed by atoms with Gasteiger partial charge >= 0.3 is 0 Å². The molecule has 0 unspecified atom stereocenters. The van der Waals surface area contributed by atoms with Crippen LogP contribution in [0.2, 0.25) is 0 Å². The summed E-state index contributed by atoms with van der Waals surface area (Å²) in [6.07, 6.45) is 1.50. The number of amides is 1. The lowest BCUT2D eigenvalue weighted by molar-refractivity contribution is 0.0954. The van der Waals surface area contributed by atoms with Crippen molar-refractivity contribution in [3.05, 3.63) is 46.5 Å². The summed E-state index contributed by atoms with van der Waals surface area (Å²) in [6, 6.07) is 7.24. The van der Waals surface area contributed by atoms with Crippen molar-refractivity contribution < 1.29 is 4.79 Å². The molecule has 0 aliphatic carbocycles. The Bertz CT molecular complexity index is 718. The first-order chi connectivity index (χ1) is 12.1. The molecular weight excluding hydrogens is 513 g/mol. The minimum absolute atomic E-state index is 0. The minimum atomic E-state index is -0.102. The molecule has 0 aliphatic rings. The zero-order chi connectivity index (χ0) is 18.1. The maximum absolute atomic E-state index is 12.0.